The van der Waals surface area contributed by atoms with E-state index < -0.39 is 0 Å². The second-order valence-electron chi connectivity index (χ2n) is 13.3. The van der Waals surface area contributed by atoms with Crippen LogP contribution in [0.3, 0.4) is 0 Å². The molecule has 4 fully saturated rings. The number of ether oxygens (including phenoxy) is 2. The lowest BCUT2D eigenvalue weighted by atomic mass is 9.70. The molecule has 1 atom stereocenters. The van der Waals surface area contributed by atoms with E-state index in [0.29, 0.717) is 12.0 Å². The number of allylic oxidation sites excluding steroid dienone is 2. The molecular formula is C33H56O3. The lowest BCUT2D eigenvalue weighted by Crippen LogP contribution is -2.31. The summed E-state index contributed by atoms with van der Waals surface area (Å²) in [6.07, 6.45) is 27.6. The van der Waals surface area contributed by atoms with Crippen LogP contribution < -0.4 is 0 Å². The van der Waals surface area contributed by atoms with Crippen LogP contribution in [0, 0.1) is 41.4 Å². The van der Waals surface area contributed by atoms with Crippen LogP contribution in [0.2, 0.25) is 0 Å². The van der Waals surface area contributed by atoms with Gasteiger partial charge >= 0.3 is 5.97 Å². The van der Waals surface area contributed by atoms with Crippen molar-refractivity contribution in [3.05, 3.63) is 12.2 Å². The Morgan fingerprint density at radius 3 is 1.83 bits per heavy atom. The van der Waals surface area contributed by atoms with Crippen molar-refractivity contribution in [1.29, 1.82) is 0 Å². The fourth-order valence-electron chi connectivity index (χ4n) is 7.54. The van der Waals surface area contributed by atoms with E-state index in [-0.39, 0.29) is 18.0 Å². The highest BCUT2D eigenvalue weighted by Gasteiger charge is 2.32. The van der Waals surface area contributed by atoms with Crippen LogP contribution in [-0.4, -0.2) is 24.8 Å². The molecule has 1 unspecified atom stereocenters. The maximum absolute atomic E-state index is 12.3. The summed E-state index contributed by atoms with van der Waals surface area (Å²) in [6, 6.07) is 0. The van der Waals surface area contributed by atoms with Crippen LogP contribution in [0.1, 0.15) is 130 Å². The standard InChI is InChI=1S/C33H56O3/c1-4-25(3)36-33(34)31-17-13-28(14-18-31)23-35-32-21-19-30(20-22-32)29-15-11-27(12-16-29)10-9-26-7-5-24(2)6-8-26/h9-10,24-32H,4-8,11-23H2,1-3H3. The molecule has 0 spiro atoms. The summed E-state index contributed by atoms with van der Waals surface area (Å²) >= 11 is 0. The molecule has 4 aliphatic rings. The number of rotatable bonds is 9. The molecule has 0 aliphatic heterocycles. The molecule has 0 amide bonds. The molecule has 0 heterocycles. The molecule has 0 saturated heterocycles. The topological polar surface area (TPSA) is 35.5 Å². The van der Waals surface area contributed by atoms with Gasteiger partial charge in [-0.2, -0.15) is 0 Å². The predicted octanol–water partition coefficient (Wildman–Crippen LogP) is 8.90. The third kappa shape index (κ3) is 8.60. The summed E-state index contributed by atoms with van der Waals surface area (Å²) in [5.74, 6) is 5.38. The molecule has 3 nitrogen and oxygen atoms in total. The Morgan fingerprint density at radius 1 is 0.750 bits per heavy atom. The number of carbonyl (C=O) groups is 1. The van der Waals surface area contributed by atoms with Crippen molar-refractivity contribution in [3.63, 3.8) is 0 Å². The van der Waals surface area contributed by atoms with Crippen molar-refractivity contribution in [2.75, 3.05) is 6.61 Å². The van der Waals surface area contributed by atoms with Crippen LogP contribution in [0.4, 0.5) is 0 Å². The fraction of sp³-hybridized carbons (Fsp3) is 0.909. The first-order chi connectivity index (χ1) is 17.5. The lowest BCUT2D eigenvalue weighted by Gasteiger charge is -2.38. The Hall–Kier alpha value is -0.830. The highest BCUT2D eigenvalue weighted by molar-refractivity contribution is 5.72. The van der Waals surface area contributed by atoms with Crippen LogP contribution in [0.25, 0.3) is 0 Å². The first-order valence-corrected chi connectivity index (χ1v) is 16.0. The first-order valence-electron chi connectivity index (χ1n) is 16.0. The third-order valence-electron chi connectivity index (χ3n) is 10.6. The van der Waals surface area contributed by atoms with E-state index in [1.54, 1.807) is 0 Å². The van der Waals surface area contributed by atoms with E-state index in [2.05, 4.69) is 26.0 Å². The summed E-state index contributed by atoms with van der Waals surface area (Å²) in [5.41, 5.74) is 0. The predicted molar refractivity (Wildman–Crippen MR) is 149 cm³/mol. The number of hydrogen-bond acceptors (Lipinski definition) is 3. The highest BCUT2D eigenvalue weighted by atomic mass is 16.5. The Labute approximate surface area is 222 Å². The molecular weight excluding hydrogens is 444 g/mol. The van der Waals surface area contributed by atoms with Gasteiger partial charge in [-0.1, -0.05) is 38.8 Å². The molecule has 4 aliphatic carbocycles. The van der Waals surface area contributed by atoms with Crippen molar-refractivity contribution >= 4 is 5.97 Å². The van der Waals surface area contributed by atoms with Crippen molar-refractivity contribution in [2.45, 2.75) is 142 Å². The van der Waals surface area contributed by atoms with E-state index in [0.717, 1.165) is 68.3 Å². The van der Waals surface area contributed by atoms with E-state index in [4.69, 9.17) is 9.47 Å². The summed E-state index contributed by atoms with van der Waals surface area (Å²) in [7, 11) is 0. The van der Waals surface area contributed by atoms with Gasteiger partial charge < -0.3 is 9.47 Å². The van der Waals surface area contributed by atoms with Crippen LogP contribution in [-0.2, 0) is 14.3 Å². The summed E-state index contributed by atoms with van der Waals surface area (Å²) in [5, 5.41) is 0. The molecule has 0 bridgehead atoms. The minimum Gasteiger partial charge on any atom is -0.462 e. The summed E-state index contributed by atoms with van der Waals surface area (Å²) in [6.45, 7) is 7.39. The first kappa shape index (κ1) is 28.2. The van der Waals surface area contributed by atoms with Crippen molar-refractivity contribution in [2.24, 2.45) is 41.4 Å². The Bertz CT molecular complexity index is 654. The number of hydrogen-bond donors (Lipinski definition) is 0. The second kappa shape index (κ2) is 14.4. The van der Waals surface area contributed by atoms with Gasteiger partial charge in [-0.05, 0) is 139 Å². The zero-order valence-electron chi connectivity index (χ0n) is 23.8. The average Bonchev–Trinajstić information content (AvgIpc) is 2.92. The maximum Gasteiger partial charge on any atom is 0.309 e. The normalized spacial score (nSPS) is 39.1. The number of carbonyl (C=O) groups excluding carboxylic acids is 1. The highest BCUT2D eigenvalue weighted by Crippen LogP contribution is 2.41. The van der Waals surface area contributed by atoms with Crippen LogP contribution in [0.15, 0.2) is 12.2 Å². The zero-order valence-corrected chi connectivity index (χ0v) is 23.8. The smallest absolute Gasteiger partial charge is 0.309 e. The molecule has 0 aromatic heterocycles. The lowest BCUT2D eigenvalue weighted by molar-refractivity contribution is -0.155. The molecule has 206 valence electrons. The van der Waals surface area contributed by atoms with Crippen LogP contribution >= 0.6 is 0 Å². The van der Waals surface area contributed by atoms with Gasteiger partial charge in [0, 0.05) is 6.61 Å². The minimum atomic E-state index is 0.0333. The van der Waals surface area contributed by atoms with Gasteiger partial charge in [0.25, 0.3) is 0 Å². The fourth-order valence-corrected chi connectivity index (χ4v) is 7.54. The Kier molecular flexibility index (Phi) is 11.2. The van der Waals surface area contributed by atoms with Gasteiger partial charge in [0.1, 0.15) is 0 Å². The minimum absolute atomic E-state index is 0.0333. The number of esters is 1. The average molecular weight is 501 g/mol. The maximum atomic E-state index is 12.3. The van der Waals surface area contributed by atoms with E-state index in [9.17, 15) is 4.79 Å². The molecule has 0 N–H and O–H groups in total. The van der Waals surface area contributed by atoms with Gasteiger partial charge in [-0.3, -0.25) is 4.79 Å². The van der Waals surface area contributed by atoms with E-state index in [1.165, 1.54) is 77.0 Å². The Balaban J connectivity index is 1.06. The molecule has 4 rings (SSSR count). The molecule has 36 heavy (non-hydrogen) atoms. The van der Waals surface area contributed by atoms with Gasteiger partial charge in [0.05, 0.1) is 18.1 Å². The monoisotopic (exact) mass is 500 g/mol. The van der Waals surface area contributed by atoms with Gasteiger partial charge in [0.15, 0.2) is 0 Å². The van der Waals surface area contributed by atoms with Gasteiger partial charge in [-0.15, -0.1) is 0 Å². The molecule has 0 radical (unpaired) electrons. The second-order valence-corrected chi connectivity index (χ2v) is 13.3. The summed E-state index contributed by atoms with van der Waals surface area (Å²) in [4.78, 5) is 12.3. The van der Waals surface area contributed by atoms with E-state index in [1.807, 2.05) is 6.92 Å². The third-order valence-corrected chi connectivity index (χ3v) is 10.6. The molecule has 0 aromatic rings. The molecule has 0 aromatic carbocycles. The molecule has 3 heteroatoms. The molecule has 4 saturated carbocycles. The zero-order chi connectivity index (χ0) is 25.3. The van der Waals surface area contributed by atoms with Gasteiger partial charge in [-0.25, -0.2) is 0 Å². The Morgan fingerprint density at radius 2 is 1.28 bits per heavy atom. The summed E-state index contributed by atoms with van der Waals surface area (Å²) < 4.78 is 12.0. The van der Waals surface area contributed by atoms with Crippen molar-refractivity contribution < 1.29 is 14.3 Å². The van der Waals surface area contributed by atoms with Gasteiger partial charge in [0.2, 0.25) is 0 Å². The SMILES string of the molecule is CCC(C)OC(=O)C1CCC(COC2CCC(C3CCC(C=CC4CCC(C)CC4)CC3)CC2)CC1. The van der Waals surface area contributed by atoms with E-state index >= 15 is 0 Å². The van der Waals surface area contributed by atoms with Crippen molar-refractivity contribution in [3.8, 4) is 0 Å². The quantitative estimate of drug-likeness (QED) is 0.234. The van der Waals surface area contributed by atoms with Crippen molar-refractivity contribution in [1.82, 2.24) is 0 Å². The van der Waals surface area contributed by atoms with Crippen LogP contribution in [0.5, 0.6) is 0 Å². The largest absolute Gasteiger partial charge is 0.462 e.